The Morgan fingerprint density at radius 1 is 1.17 bits per heavy atom. The fourth-order valence-electron chi connectivity index (χ4n) is 2.60. The van der Waals surface area contributed by atoms with Gasteiger partial charge in [0.1, 0.15) is 17.7 Å². The van der Waals surface area contributed by atoms with Crippen molar-refractivity contribution in [2.45, 2.75) is 19.6 Å². The van der Waals surface area contributed by atoms with E-state index < -0.39 is 5.92 Å². The van der Waals surface area contributed by atoms with E-state index >= 15 is 0 Å². The molecule has 0 aliphatic carbocycles. The molecule has 124 valence electrons. The van der Waals surface area contributed by atoms with Crippen LogP contribution in [0.2, 0.25) is 10.0 Å². The molecule has 0 fully saturated rings. The third-order valence-electron chi connectivity index (χ3n) is 3.89. The molecular formula is C18H16Cl2N2O2. The maximum absolute atomic E-state index is 12.6. The number of nitrogens with zero attached hydrogens (tertiary/aromatic N) is 1. The Morgan fingerprint density at radius 3 is 2.58 bits per heavy atom. The Bertz CT molecular complexity index is 775. The van der Waals surface area contributed by atoms with Gasteiger partial charge in [0.15, 0.2) is 0 Å². The predicted molar refractivity (Wildman–Crippen MR) is 95.3 cm³/mol. The van der Waals surface area contributed by atoms with E-state index in [1.807, 2.05) is 37.3 Å². The lowest BCUT2D eigenvalue weighted by atomic mass is 9.92. The second kappa shape index (κ2) is 7.24. The van der Waals surface area contributed by atoms with Gasteiger partial charge in [0.2, 0.25) is 5.91 Å². The number of halogens is 2. The molecule has 1 aliphatic heterocycles. The van der Waals surface area contributed by atoms with Crippen LogP contribution in [0.15, 0.2) is 53.7 Å². The number of hydrogen-bond donors (Lipinski definition) is 1. The molecule has 1 aliphatic rings. The third kappa shape index (κ3) is 3.55. The van der Waals surface area contributed by atoms with Crippen molar-refractivity contribution in [2.24, 2.45) is 11.1 Å². The van der Waals surface area contributed by atoms with Crippen molar-refractivity contribution in [3.8, 4) is 0 Å². The van der Waals surface area contributed by atoms with Crippen molar-refractivity contribution in [3.05, 3.63) is 69.7 Å². The number of carbonyl (C=O) groups excluding carboxylic acids is 1. The number of hydrogen-bond acceptors (Lipinski definition) is 3. The Labute approximate surface area is 150 Å². The molecule has 0 bridgehead atoms. The summed E-state index contributed by atoms with van der Waals surface area (Å²) in [5.41, 5.74) is 2.24. The molecule has 0 radical (unpaired) electrons. The lowest BCUT2D eigenvalue weighted by Crippen LogP contribution is -2.39. The van der Waals surface area contributed by atoms with E-state index in [-0.39, 0.29) is 12.0 Å². The molecule has 1 amide bonds. The van der Waals surface area contributed by atoms with Gasteiger partial charge < -0.3 is 10.2 Å². The van der Waals surface area contributed by atoms with Crippen LogP contribution in [0.3, 0.4) is 0 Å². The van der Waals surface area contributed by atoms with E-state index in [1.54, 1.807) is 18.2 Å². The van der Waals surface area contributed by atoms with Crippen molar-refractivity contribution in [3.63, 3.8) is 0 Å². The third-order valence-corrected chi connectivity index (χ3v) is 4.48. The Morgan fingerprint density at radius 2 is 1.88 bits per heavy atom. The summed E-state index contributed by atoms with van der Waals surface area (Å²) >= 11 is 12.1. The molecule has 1 heterocycles. The summed E-state index contributed by atoms with van der Waals surface area (Å²) in [6, 6.07) is 14.6. The van der Waals surface area contributed by atoms with Gasteiger partial charge in [-0.25, -0.2) is 0 Å². The first-order valence-corrected chi connectivity index (χ1v) is 8.32. The van der Waals surface area contributed by atoms with E-state index in [4.69, 9.17) is 28.0 Å². The SMILES string of the molecule is C[C@H]1ON=C(c2ccccc2Cl)[C@H]1C(=O)NCc1ccc(Cl)cc1. The molecule has 0 saturated carbocycles. The topological polar surface area (TPSA) is 50.7 Å². The van der Waals surface area contributed by atoms with Gasteiger partial charge in [-0.15, -0.1) is 0 Å². The fraction of sp³-hybridized carbons (Fsp3) is 0.222. The summed E-state index contributed by atoms with van der Waals surface area (Å²) in [4.78, 5) is 18.0. The first-order valence-electron chi connectivity index (χ1n) is 7.57. The molecule has 24 heavy (non-hydrogen) atoms. The number of amides is 1. The van der Waals surface area contributed by atoms with Crippen LogP contribution in [0.4, 0.5) is 0 Å². The standard InChI is InChI=1S/C18H16Cl2N2O2/c1-11-16(17(22-24-11)14-4-2-3-5-15(14)20)18(23)21-10-12-6-8-13(19)9-7-12/h2-9,11,16H,10H2,1H3,(H,21,23)/t11-,16+/m1/s1. The second-order valence-electron chi connectivity index (χ2n) is 5.59. The van der Waals surface area contributed by atoms with Gasteiger partial charge in [0.25, 0.3) is 0 Å². The summed E-state index contributed by atoms with van der Waals surface area (Å²) in [6.07, 6.45) is -0.346. The van der Waals surface area contributed by atoms with Gasteiger partial charge in [-0.05, 0) is 30.7 Å². The molecule has 1 N–H and O–H groups in total. The Hall–Kier alpha value is -2.04. The van der Waals surface area contributed by atoms with Crippen molar-refractivity contribution in [1.82, 2.24) is 5.32 Å². The number of nitrogens with one attached hydrogen (secondary N) is 1. The van der Waals surface area contributed by atoms with Crippen LogP contribution in [0.5, 0.6) is 0 Å². The van der Waals surface area contributed by atoms with Gasteiger partial charge >= 0.3 is 0 Å². The van der Waals surface area contributed by atoms with E-state index in [9.17, 15) is 4.79 Å². The van der Waals surface area contributed by atoms with E-state index in [0.717, 1.165) is 11.1 Å². The summed E-state index contributed by atoms with van der Waals surface area (Å²) < 4.78 is 0. The first kappa shape index (κ1) is 16.8. The zero-order valence-corrected chi connectivity index (χ0v) is 14.5. The van der Waals surface area contributed by atoms with Gasteiger partial charge in [0, 0.05) is 22.2 Å². The number of carbonyl (C=O) groups is 1. The minimum atomic E-state index is -0.503. The summed E-state index contributed by atoms with van der Waals surface area (Å²) in [7, 11) is 0. The van der Waals surface area contributed by atoms with Gasteiger partial charge in [0.05, 0.1) is 0 Å². The highest BCUT2D eigenvalue weighted by Crippen LogP contribution is 2.27. The van der Waals surface area contributed by atoms with E-state index in [0.29, 0.717) is 22.3 Å². The first-order chi connectivity index (χ1) is 11.6. The quantitative estimate of drug-likeness (QED) is 0.891. The minimum Gasteiger partial charge on any atom is -0.391 e. The smallest absolute Gasteiger partial charge is 0.233 e. The molecule has 0 aromatic heterocycles. The normalized spacial score (nSPS) is 19.5. The molecule has 2 atom stereocenters. The lowest BCUT2D eigenvalue weighted by Gasteiger charge is -2.16. The highest BCUT2D eigenvalue weighted by Gasteiger charge is 2.38. The predicted octanol–water partition coefficient (Wildman–Crippen LogP) is 4.05. The summed E-state index contributed by atoms with van der Waals surface area (Å²) in [6.45, 7) is 2.23. The largest absolute Gasteiger partial charge is 0.391 e. The Kier molecular flexibility index (Phi) is 5.07. The molecule has 4 nitrogen and oxygen atoms in total. The molecule has 0 saturated heterocycles. The maximum Gasteiger partial charge on any atom is 0.233 e. The molecule has 6 heteroatoms. The molecule has 3 rings (SSSR count). The van der Waals surface area contributed by atoms with E-state index in [1.165, 1.54) is 0 Å². The van der Waals surface area contributed by atoms with Crippen molar-refractivity contribution < 1.29 is 9.63 Å². The molecule has 2 aromatic carbocycles. The number of oxime groups is 1. The van der Waals surface area contributed by atoms with Crippen LogP contribution in [-0.2, 0) is 16.2 Å². The number of benzene rings is 2. The Balaban J connectivity index is 1.74. The van der Waals surface area contributed by atoms with Gasteiger partial charge in [-0.1, -0.05) is 58.7 Å². The van der Waals surface area contributed by atoms with Crippen LogP contribution < -0.4 is 5.32 Å². The van der Waals surface area contributed by atoms with Gasteiger partial charge in [-0.3, -0.25) is 4.79 Å². The lowest BCUT2D eigenvalue weighted by molar-refractivity contribution is -0.125. The van der Waals surface area contributed by atoms with Crippen LogP contribution in [0, 0.1) is 5.92 Å². The monoisotopic (exact) mass is 362 g/mol. The zero-order valence-electron chi connectivity index (χ0n) is 13.0. The van der Waals surface area contributed by atoms with Crippen molar-refractivity contribution in [1.29, 1.82) is 0 Å². The highest BCUT2D eigenvalue weighted by atomic mass is 35.5. The van der Waals surface area contributed by atoms with Crippen LogP contribution in [0.25, 0.3) is 0 Å². The zero-order chi connectivity index (χ0) is 17.1. The summed E-state index contributed by atoms with van der Waals surface area (Å²) in [5.74, 6) is -0.647. The van der Waals surface area contributed by atoms with Crippen molar-refractivity contribution in [2.75, 3.05) is 0 Å². The fourth-order valence-corrected chi connectivity index (χ4v) is 2.96. The molecule has 0 unspecified atom stereocenters. The maximum atomic E-state index is 12.6. The van der Waals surface area contributed by atoms with E-state index in [2.05, 4.69) is 10.5 Å². The van der Waals surface area contributed by atoms with Crippen molar-refractivity contribution >= 4 is 34.8 Å². The average molecular weight is 363 g/mol. The van der Waals surface area contributed by atoms with Crippen LogP contribution in [0.1, 0.15) is 18.1 Å². The molecule has 0 spiro atoms. The van der Waals surface area contributed by atoms with Crippen LogP contribution in [-0.4, -0.2) is 17.7 Å². The molecule has 2 aromatic rings. The highest BCUT2D eigenvalue weighted by molar-refractivity contribution is 6.35. The average Bonchev–Trinajstić information content (AvgIpc) is 2.96. The second-order valence-corrected chi connectivity index (χ2v) is 6.43. The van der Waals surface area contributed by atoms with Crippen LogP contribution >= 0.6 is 23.2 Å². The van der Waals surface area contributed by atoms with Gasteiger partial charge in [-0.2, -0.15) is 0 Å². The minimum absolute atomic E-state index is 0.145. The summed E-state index contributed by atoms with van der Waals surface area (Å²) in [5, 5.41) is 8.20. The molecular weight excluding hydrogens is 347 g/mol. The number of rotatable bonds is 4.